The molecule has 1 aromatic rings. The molecule has 0 aromatic carbocycles. The van der Waals surface area contributed by atoms with Crippen LogP contribution in [0.25, 0.3) is 0 Å². The molecule has 1 heterocycles. The van der Waals surface area contributed by atoms with Crippen molar-refractivity contribution in [3.8, 4) is 0 Å². The van der Waals surface area contributed by atoms with Crippen molar-refractivity contribution in [1.29, 1.82) is 0 Å². The van der Waals surface area contributed by atoms with Gasteiger partial charge in [0.05, 0.1) is 6.04 Å². The van der Waals surface area contributed by atoms with Gasteiger partial charge in [0.25, 0.3) is 0 Å². The Balaban J connectivity index is 1.94. The molecule has 2 rings (SSSR count). The van der Waals surface area contributed by atoms with Crippen molar-refractivity contribution in [1.82, 2.24) is 15.5 Å². The number of hydrogen-bond acceptors (Lipinski definition) is 4. The molecule has 78 valence electrons. The van der Waals surface area contributed by atoms with E-state index in [1.54, 1.807) is 11.3 Å². The first-order chi connectivity index (χ1) is 6.79. The van der Waals surface area contributed by atoms with Crippen molar-refractivity contribution in [3.05, 3.63) is 10.0 Å². The lowest BCUT2D eigenvalue weighted by molar-refractivity contribution is 0.313. The SMILES string of the molecule is CNC(C)c1nnc(CC2CCC2)s1. The van der Waals surface area contributed by atoms with Gasteiger partial charge in [-0.3, -0.25) is 0 Å². The van der Waals surface area contributed by atoms with Gasteiger partial charge in [0.15, 0.2) is 0 Å². The zero-order chi connectivity index (χ0) is 9.97. The average Bonchev–Trinajstić information content (AvgIpc) is 2.58. The monoisotopic (exact) mass is 211 g/mol. The molecule has 3 nitrogen and oxygen atoms in total. The van der Waals surface area contributed by atoms with Crippen LogP contribution in [0.1, 0.15) is 42.2 Å². The fourth-order valence-corrected chi connectivity index (χ4v) is 2.61. The highest BCUT2D eigenvalue weighted by atomic mass is 32.1. The summed E-state index contributed by atoms with van der Waals surface area (Å²) in [5.74, 6) is 0.890. The molecule has 0 amide bonds. The van der Waals surface area contributed by atoms with Crippen LogP contribution in [0.5, 0.6) is 0 Å². The minimum absolute atomic E-state index is 0.336. The molecule has 0 aliphatic heterocycles. The fraction of sp³-hybridized carbons (Fsp3) is 0.800. The molecule has 1 unspecified atom stereocenters. The Morgan fingerprint density at radius 3 is 2.86 bits per heavy atom. The summed E-state index contributed by atoms with van der Waals surface area (Å²) >= 11 is 1.76. The molecule has 14 heavy (non-hydrogen) atoms. The maximum atomic E-state index is 4.24. The van der Waals surface area contributed by atoms with Crippen LogP contribution in [-0.2, 0) is 6.42 Å². The number of hydrogen-bond donors (Lipinski definition) is 1. The summed E-state index contributed by atoms with van der Waals surface area (Å²) < 4.78 is 0. The van der Waals surface area contributed by atoms with Crippen LogP contribution < -0.4 is 5.32 Å². The molecule has 0 saturated heterocycles. The van der Waals surface area contributed by atoms with E-state index in [1.807, 2.05) is 7.05 Å². The van der Waals surface area contributed by atoms with Crippen LogP contribution in [-0.4, -0.2) is 17.2 Å². The van der Waals surface area contributed by atoms with Gasteiger partial charge in [-0.05, 0) is 19.9 Å². The predicted octanol–water partition coefficient (Wildman–Crippen LogP) is 2.16. The average molecular weight is 211 g/mol. The van der Waals surface area contributed by atoms with E-state index in [0.29, 0.717) is 6.04 Å². The zero-order valence-electron chi connectivity index (χ0n) is 8.79. The quantitative estimate of drug-likeness (QED) is 0.829. The summed E-state index contributed by atoms with van der Waals surface area (Å²) in [6, 6.07) is 0.336. The minimum Gasteiger partial charge on any atom is -0.311 e. The molecule has 0 bridgehead atoms. The largest absolute Gasteiger partial charge is 0.311 e. The highest BCUT2D eigenvalue weighted by Crippen LogP contribution is 2.31. The zero-order valence-corrected chi connectivity index (χ0v) is 9.60. The van der Waals surface area contributed by atoms with Gasteiger partial charge in [-0.25, -0.2) is 0 Å². The van der Waals surface area contributed by atoms with Crippen molar-refractivity contribution in [2.45, 2.75) is 38.6 Å². The normalized spacial score (nSPS) is 19.3. The number of nitrogens with zero attached hydrogens (tertiary/aromatic N) is 2. The Morgan fingerprint density at radius 2 is 2.29 bits per heavy atom. The van der Waals surface area contributed by atoms with Crippen molar-refractivity contribution in [2.24, 2.45) is 5.92 Å². The summed E-state index contributed by atoms with van der Waals surface area (Å²) in [6.45, 7) is 2.12. The molecule has 1 aliphatic rings. The summed E-state index contributed by atoms with van der Waals surface area (Å²) in [5, 5.41) is 14.0. The van der Waals surface area contributed by atoms with Crippen molar-refractivity contribution in [2.75, 3.05) is 7.05 Å². The fourth-order valence-electron chi connectivity index (χ4n) is 1.59. The molecule has 1 saturated carbocycles. The van der Waals surface area contributed by atoms with Crippen LogP contribution in [0.4, 0.5) is 0 Å². The Morgan fingerprint density at radius 1 is 1.50 bits per heavy atom. The first kappa shape index (κ1) is 10.1. The Kier molecular flexibility index (Phi) is 3.13. The van der Waals surface area contributed by atoms with Crippen LogP contribution in [0.2, 0.25) is 0 Å². The van der Waals surface area contributed by atoms with Crippen molar-refractivity contribution in [3.63, 3.8) is 0 Å². The van der Waals surface area contributed by atoms with Gasteiger partial charge in [0, 0.05) is 6.42 Å². The molecule has 1 aromatic heterocycles. The Hall–Kier alpha value is -0.480. The highest BCUT2D eigenvalue weighted by molar-refractivity contribution is 7.11. The van der Waals surface area contributed by atoms with E-state index in [1.165, 1.54) is 24.3 Å². The first-order valence-corrected chi connectivity index (χ1v) is 6.10. The van der Waals surface area contributed by atoms with Gasteiger partial charge in [-0.2, -0.15) is 0 Å². The van der Waals surface area contributed by atoms with E-state index in [0.717, 1.165) is 17.3 Å². The number of aromatic nitrogens is 2. The third-order valence-electron chi connectivity index (χ3n) is 2.97. The topological polar surface area (TPSA) is 37.8 Å². The van der Waals surface area contributed by atoms with Crippen LogP contribution in [0.3, 0.4) is 0 Å². The van der Waals surface area contributed by atoms with E-state index in [2.05, 4.69) is 22.4 Å². The maximum Gasteiger partial charge on any atom is 0.134 e. The van der Waals surface area contributed by atoms with E-state index >= 15 is 0 Å². The molecule has 1 atom stereocenters. The second-order valence-corrected chi connectivity index (χ2v) is 5.14. The summed E-state index contributed by atoms with van der Waals surface area (Å²) in [4.78, 5) is 0. The molecule has 1 N–H and O–H groups in total. The van der Waals surface area contributed by atoms with E-state index in [4.69, 9.17) is 0 Å². The van der Waals surface area contributed by atoms with Crippen molar-refractivity contribution >= 4 is 11.3 Å². The van der Waals surface area contributed by atoms with E-state index in [-0.39, 0.29) is 0 Å². The van der Waals surface area contributed by atoms with Gasteiger partial charge in [-0.1, -0.05) is 30.6 Å². The Bertz CT molecular complexity index is 293. The number of rotatable bonds is 4. The second-order valence-electron chi connectivity index (χ2n) is 4.05. The lowest BCUT2D eigenvalue weighted by Gasteiger charge is -2.23. The smallest absolute Gasteiger partial charge is 0.134 e. The maximum absolute atomic E-state index is 4.24. The predicted molar refractivity (Wildman–Crippen MR) is 58.4 cm³/mol. The molecule has 4 heteroatoms. The van der Waals surface area contributed by atoms with Gasteiger partial charge in [0.1, 0.15) is 10.0 Å². The first-order valence-electron chi connectivity index (χ1n) is 5.29. The van der Waals surface area contributed by atoms with Crippen LogP contribution in [0, 0.1) is 5.92 Å². The van der Waals surface area contributed by atoms with Gasteiger partial charge < -0.3 is 5.32 Å². The third-order valence-corrected chi connectivity index (χ3v) is 4.10. The van der Waals surface area contributed by atoms with Gasteiger partial charge >= 0.3 is 0 Å². The summed E-state index contributed by atoms with van der Waals surface area (Å²) in [5.41, 5.74) is 0. The summed E-state index contributed by atoms with van der Waals surface area (Å²) in [6.07, 6.45) is 5.32. The van der Waals surface area contributed by atoms with Crippen molar-refractivity contribution < 1.29 is 0 Å². The number of nitrogens with one attached hydrogen (secondary N) is 1. The molecule has 1 fully saturated rings. The highest BCUT2D eigenvalue weighted by Gasteiger charge is 2.20. The third kappa shape index (κ3) is 2.12. The lowest BCUT2D eigenvalue weighted by atomic mass is 9.83. The summed E-state index contributed by atoms with van der Waals surface area (Å²) in [7, 11) is 1.96. The van der Waals surface area contributed by atoms with E-state index in [9.17, 15) is 0 Å². The minimum atomic E-state index is 0.336. The van der Waals surface area contributed by atoms with Gasteiger partial charge in [0.2, 0.25) is 0 Å². The standard InChI is InChI=1S/C10H17N3S/c1-7(11-2)10-13-12-9(14-10)6-8-4-3-5-8/h7-8,11H,3-6H2,1-2H3. The molecule has 0 spiro atoms. The van der Waals surface area contributed by atoms with Crippen LogP contribution in [0.15, 0.2) is 0 Å². The molecule has 1 aliphatic carbocycles. The van der Waals surface area contributed by atoms with E-state index < -0.39 is 0 Å². The second kappa shape index (κ2) is 4.36. The molecular weight excluding hydrogens is 194 g/mol. The van der Waals surface area contributed by atoms with Crippen LogP contribution >= 0.6 is 11.3 Å². The van der Waals surface area contributed by atoms with Gasteiger partial charge in [-0.15, -0.1) is 10.2 Å². The molecular formula is C10H17N3S. The Labute approximate surface area is 88.9 Å². The molecule has 0 radical (unpaired) electrons. The lowest BCUT2D eigenvalue weighted by Crippen LogP contribution is -2.13.